The largest absolute Gasteiger partial charge is 0.418 e. The monoisotopic (exact) mass is 448 g/mol. The third-order valence-electron chi connectivity index (χ3n) is 5.87. The zero-order valence-corrected chi connectivity index (χ0v) is 17.8. The number of nitrogens with zero attached hydrogens (tertiary/aromatic N) is 2. The SMILES string of the molecule is Cc1[nH]c2ccc(F)cc2c1CC(=O)Nc1ccc(N2CCN(C)CC2)cc1C(F)(F)F. The van der Waals surface area contributed by atoms with E-state index in [2.05, 4.69) is 15.2 Å². The lowest BCUT2D eigenvalue weighted by Gasteiger charge is -2.34. The summed E-state index contributed by atoms with van der Waals surface area (Å²) in [7, 11) is 1.97. The summed E-state index contributed by atoms with van der Waals surface area (Å²) >= 11 is 0. The highest BCUT2D eigenvalue weighted by Crippen LogP contribution is 2.37. The Hall–Kier alpha value is -3.07. The van der Waals surface area contributed by atoms with Gasteiger partial charge in [0.05, 0.1) is 17.7 Å². The molecule has 0 atom stereocenters. The van der Waals surface area contributed by atoms with E-state index in [4.69, 9.17) is 0 Å². The number of hydrogen-bond acceptors (Lipinski definition) is 3. The van der Waals surface area contributed by atoms with E-state index in [1.807, 2.05) is 11.9 Å². The summed E-state index contributed by atoms with van der Waals surface area (Å²) in [4.78, 5) is 19.8. The van der Waals surface area contributed by atoms with Crippen molar-refractivity contribution >= 4 is 28.2 Å². The van der Waals surface area contributed by atoms with Gasteiger partial charge in [-0.3, -0.25) is 4.79 Å². The van der Waals surface area contributed by atoms with Crippen LogP contribution in [0.4, 0.5) is 28.9 Å². The number of piperazine rings is 1. The van der Waals surface area contributed by atoms with Gasteiger partial charge in [0.1, 0.15) is 5.82 Å². The number of halogens is 4. The normalized spacial score (nSPS) is 15.4. The van der Waals surface area contributed by atoms with Crippen LogP contribution in [0.3, 0.4) is 0 Å². The number of likely N-dealkylation sites (N-methyl/N-ethyl adjacent to an activating group) is 1. The summed E-state index contributed by atoms with van der Waals surface area (Å²) < 4.78 is 55.0. The number of amides is 1. The van der Waals surface area contributed by atoms with Gasteiger partial charge in [-0.15, -0.1) is 0 Å². The summed E-state index contributed by atoms with van der Waals surface area (Å²) in [5, 5.41) is 2.95. The Morgan fingerprint density at radius 2 is 1.81 bits per heavy atom. The fourth-order valence-electron chi connectivity index (χ4n) is 4.07. The molecular weight excluding hydrogens is 424 g/mol. The molecular formula is C23H24F4N4O. The standard InChI is InChI=1S/C23H24F4N4O/c1-14-17(18-11-15(24)3-5-20(18)28-14)13-22(32)29-21-6-4-16(12-19(21)23(25,26)27)31-9-7-30(2)8-10-31/h3-6,11-12,28H,7-10,13H2,1-2H3,(H,29,32). The predicted molar refractivity (Wildman–Crippen MR) is 116 cm³/mol. The van der Waals surface area contributed by atoms with Crippen molar-refractivity contribution in [2.75, 3.05) is 43.4 Å². The van der Waals surface area contributed by atoms with Gasteiger partial charge < -0.3 is 20.1 Å². The molecule has 1 amide bonds. The molecule has 0 saturated carbocycles. The quantitative estimate of drug-likeness (QED) is 0.575. The third kappa shape index (κ3) is 4.57. The molecule has 0 aliphatic carbocycles. The molecule has 0 radical (unpaired) electrons. The van der Waals surface area contributed by atoms with Gasteiger partial charge in [-0.05, 0) is 55.9 Å². The number of aromatic amines is 1. The van der Waals surface area contributed by atoms with Crippen molar-refractivity contribution in [1.82, 2.24) is 9.88 Å². The molecule has 1 saturated heterocycles. The van der Waals surface area contributed by atoms with Crippen molar-refractivity contribution in [1.29, 1.82) is 0 Å². The molecule has 2 aromatic carbocycles. The van der Waals surface area contributed by atoms with E-state index in [0.29, 0.717) is 40.9 Å². The number of nitrogens with one attached hydrogen (secondary N) is 2. The molecule has 2 N–H and O–H groups in total. The minimum absolute atomic E-state index is 0.174. The number of fused-ring (bicyclic) bond motifs is 1. The molecule has 1 aliphatic heterocycles. The molecule has 1 aromatic heterocycles. The zero-order valence-electron chi connectivity index (χ0n) is 17.8. The molecule has 170 valence electrons. The summed E-state index contributed by atoms with van der Waals surface area (Å²) in [6.07, 6.45) is -4.79. The molecule has 4 rings (SSSR count). The Balaban J connectivity index is 1.58. The lowest BCUT2D eigenvalue weighted by molar-refractivity contribution is -0.136. The first-order valence-electron chi connectivity index (χ1n) is 10.3. The topological polar surface area (TPSA) is 51.4 Å². The molecule has 32 heavy (non-hydrogen) atoms. The van der Waals surface area contributed by atoms with Gasteiger partial charge in [-0.25, -0.2) is 4.39 Å². The minimum atomic E-state index is -4.62. The smallest absolute Gasteiger partial charge is 0.369 e. The van der Waals surface area contributed by atoms with Crippen molar-refractivity contribution in [3.8, 4) is 0 Å². The highest BCUT2D eigenvalue weighted by atomic mass is 19.4. The number of benzene rings is 2. The maximum atomic E-state index is 13.8. The first-order chi connectivity index (χ1) is 15.1. The fourth-order valence-corrected chi connectivity index (χ4v) is 4.07. The van der Waals surface area contributed by atoms with Crippen LogP contribution in [0, 0.1) is 12.7 Å². The molecule has 9 heteroatoms. The molecule has 1 fully saturated rings. The van der Waals surface area contributed by atoms with Gasteiger partial charge in [-0.1, -0.05) is 0 Å². The average Bonchev–Trinajstić information content (AvgIpc) is 3.03. The second kappa shape index (κ2) is 8.46. The Morgan fingerprint density at radius 3 is 2.50 bits per heavy atom. The van der Waals surface area contributed by atoms with Gasteiger partial charge in [0, 0.05) is 48.5 Å². The predicted octanol–water partition coefficient (Wildman–Crippen LogP) is 4.57. The van der Waals surface area contributed by atoms with E-state index in [1.165, 1.54) is 18.2 Å². The van der Waals surface area contributed by atoms with Gasteiger partial charge in [0.25, 0.3) is 0 Å². The number of H-pyrrole nitrogens is 1. The number of hydrogen-bond donors (Lipinski definition) is 2. The van der Waals surface area contributed by atoms with Gasteiger partial charge >= 0.3 is 6.18 Å². The van der Waals surface area contributed by atoms with Crippen LogP contribution in [-0.2, 0) is 17.4 Å². The van der Waals surface area contributed by atoms with E-state index in [1.54, 1.807) is 19.1 Å². The van der Waals surface area contributed by atoms with Gasteiger partial charge in [-0.2, -0.15) is 13.2 Å². The van der Waals surface area contributed by atoms with E-state index in [9.17, 15) is 22.4 Å². The average molecular weight is 448 g/mol. The van der Waals surface area contributed by atoms with E-state index < -0.39 is 23.5 Å². The first kappa shape index (κ1) is 22.1. The van der Waals surface area contributed by atoms with Crippen LogP contribution >= 0.6 is 0 Å². The molecule has 3 aromatic rings. The van der Waals surface area contributed by atoms with Crippen molar-refractivity contribution < 1.29 is 22.4 Å². The lowest BCUT2D eigenvalue weighted by atomic mass is 10.1. The number of alkyl halides is 3. The van der Waals surface area contributed by atoms with Crippen molar-refractivity contribution in [3.05, 3.63) is 59.0 Å². The number of carbonyl (C=O) groups excluding carboxylic acids is 1. The molecule has 0 bridgehead atoms. The fraction of sp³-hybridized carbons (Fsp3) is 0.348. The summed E-state index contributed by atoms with van der Waals surface area (Å²) in [6.45, 7) is 4.55. The summed E-state index contributed by atoms with van der Waals surface area (Å²) in [5.74, 6) is -1.05. The van der Waals surface area contributed by atoms with Crippen LogP contribution in [0.1, 0.15) is 16.8 Å². The lowest BCUT2D eigenvalue weighted by Crippen LogP contribution is -2.44. The number of anilines is 2. The maximum absolute atomic E-state index is 13.8. The third-order valence-corrected chi connectivity index (χ3v) is 5.87. The highest BCUT2D eigenvalue weighted by Gasteiger charge is 2.35. The van der Waals surface area contributed by atoms with Crippen LogP contribution in [0.5, 0.6) is 0 Å². The Bertz CT molecular complexity index is 1150. The van der Waals surface area contributed by atoms with Gasteiger partial charge in [0.2, 0.25) is 5.91 Å². The Morgan fingerprint density at radius 1 is 1.09 bits per heavy atom. The van der Waals surface area contributed by atoms with Gasteiger partial charge in [0.15, 0.2) is 0 Å². The summed E-state index contributed by atoms with van der Waals surface area (Å²) in [5.41, 5.74) is 1.19. The molecule has 5 nitrogen and oxygen atoms in total. The van der Waals surface area contributed by atoms with Crippen molar-refractivity contribution in [3.63, 3.8) is 0 Å². The minimum Gasteiger partial charge on any atom is -0.369 e. The van der Waals surface area contributed by atoms with Crippen molar-refractivity contribution in [2.24, 2.45) is 0 Å². The number of aromatic nitrogens is 1. The van der Waals surface area contributed by atoms with Crippen LogP contribution in [0.25, 0.3) is 10.9 Å². The molecule has 0 spiro atoms. The summed E-state index contributed by atoms with van der Waals surface area (Å²) in [6, 6.07) is 8.18. The molecule has 2 heterocycles. The van der Waals surface area contributed by atoms with Crippen molar-refractivity contribution in [2.45, 2.75) is 19.5 Å². The Labute approximate surface area is 183 Å². The number of aryl methyl sites for hydroxylation is 1. The first-order valence-corrected chi connectivity index (χ1v) is 10.3. The number of carbonyl (C=O) groups is 1. The van der Waals surface area contributed by atoms with Crippen LogP contribution < -0.4 is 10.2 Å². The molecule has 1 aliphatic rings. The molecule has 0 unspecified atom stereocenters. The maximum Gasteiger partial charge on any atom is 0.418 e. The van der Waals surface area contributed by atoms with E-state index in [-0.39, 0.29) is 12.1 Å². The Kier molecular flexibility index (Phi) is 5.85. The van der Waals surface area contributed by atoms with E-state index in [0.717, 1.165) is 19.2 Å². The number of rotatable bonds is 4. The van der Waals surface area contributed by atoms with Crippen LogP contribution in [0.2, 0.25) is 0 Å². The van der Waals surface area contributed by atoms with E-state index >= 15 is 0 Å². The van der Waals surface area contributed by atoms with Crippen LogP contribution in [0.15, 0.2) is 36.4 Å². The second-order valence-electron chi connectivity index (χ2n) is 8.16. The highest BCUT2D eigenvalue weighted by molar-refractivity contribution is 5.97. The van der Waals surface area contributed by atoms with Crippen LogP contribution in [-0.4, -0.2) is 49.0 Å². The zero-order chi connectivity index (χ0) is 23.0. The second-order valence-corrected chi connectivity index (χ2v) is 8.16.